The molecule has 0 spiro atoms. The molecule has 3 heterocycles. The van der Waals surface area contributed by atoms with Gasteiger partial charge in [0.05, 0.1) is 5.69 Å². The lowest BCUT2D eigenvalue weighted by atomic mass is 10.1. The fourth-order valence-electron chi connectivity index (χ4n) is 3.40. The monoisotopic (exact) mass is 385 g/mol. The highest BCUT2D eigenvalue weighted by atomic mass is 16.2. The average molecular weight is 385 g/mol. The summed E-state index contributed by atoms with van der Waals surface area (Å²) in [4.78, 5) is 29.6. The number of benzene rings is 1. The van der Waals surface area contributed by atoms with Crippen molar-refractivity contribution >= 4 is 17.4 Å². The van der Waals surface area contributed by atoms with Gasteiger partial charge in [0, 0.05) is 23.7 Å². The lowest BCUT2D eigenvalue weighted by Gasteiger charge is -2.09. The number of nitrogens with one attached hydrogen (secondary N) is 1. The average Bonchev–Trinajstić information content (AvgIpc) is 3.53. The molecule has 5 rings (SSSR count). The van der Waals surface area contributed by atoms with Crippen molar-refractivity contribution < 1.29 is 4.79 Å². The van der Waals surface area contributed by atoms with E-state index in [2.05, 4.69) is 15.4 Å². The van der Waals surface area contributed by atoms with Crippen molar-refractivity contribution in [2.75, 3.05) is 5.32 Å². The van der Waals surface area contributed by atoms with Crippen LogP contribution < -0.4 is 10.9 Å². The molecule has 1 aliphatic rings. The van der Waals surface area contributed by atoms with Crippen molar-refractivity contribution in [1.82, 2.24) is 19.2 Å². The molecule has 7 nitrogen and oxygen atoms in total. The van der Waals surface area contributed by atoms with E-state index in [1.807, 2.05) is 59.1 Å². The Morgan fingerprint density at radius 1 is 1.03 bits per heavy atom. The lowest BCUT2D eigenvalue weighted by molar-refractivity contribution is -0.117. The maximum Gasteiger partial charge on any atom is 0.267 e. The first-order chi connectivity index (χ1) is 14.2. The van der Waals surface area contributed by atoms with Gasteiger partial charge in [-0.1, -0.05) is 36.4 Å². The molecule has 29 heavy (non-hydrogen) atoms. The molecule has 0 atom stereocenters. The standard InChI is InChI=1S/C22H19N5O2/c28-19(14-27-20(29)12-11-17(25-27)15-9-10-15)24-22-21(16-6-2-1-3-7-16)23-18-8-4-5-13-26(18)22/h1-8,11-13,15H,9-10,14H2,(H,24,28). The van der Waals surface area contributed by atoms with Crippen molar-refractivity contribution in [2.45, 2.75) is 25.3 Å². The van der Waals surface area contributed by atoms with Crippen LogP contribution in [-0.2, 0) is 11.3 Å². The topological polar surface area (TPSA) is 81.3 Å². The molecule has 1 aliphatic carbocycles. The molecule has 1 aromatic carbocycles. The summed E-state index contributed by atoms with van der Waals surface area (Å²) in [5.41, 5.74) is 2.89. The molecule has 0 aliphatic heterocycles. The first-order valence-electron chi connectivity index (χ1n) is 9.59. The van der Waals surface area contributed by atoms with E-state index >= 15 is 0 Å². The third-order valence-corrected chi connectivity index (χ3v) is 5.01. The molecule has 0 unspecified atom stereocenters. The maximum atomic E-state index is 12.8. The summed E-state index contributed by atoms with van der Waals surface area (Å²) >= 11 is 0. The number of carbonyl (C=O) groups is 1. The minimum Gasteiger partial charge on any atom is -0.308 e. The zero-order valence-electron chi connectivity index (χ0n) is 15.7. The van der Waals surface area contributed by atoms with Gasteiger partial charge in [-0.3, -0.25) is 14.0 Å². The third kappa shape index (κ3) is 3.42. The van der Waals surface area contributed by atoms with E-state index in [0.717, 1.165) is 29.7 Å². The van der Waals surface area contributed by atoms with E-state index in [1.54, 1.807) is 6.07 Å². The van der Waals surface area contributed by atoms with Crippen molar-refractivity contribution in [3.63, 3.8) is 0 Å². The predicted molar refractivity (Wildman–Crippen MR) is 110 cm³/mol. The Hall–Kier alpha value is -3.74. The van der Waals surface area contributed by atoms with E-state index in [0.29, 0.717) is 17.4 Å². The molecule has 0 radical (unpaired) electrons. The molecule has 1 fully saturated rings. The van der Waals surface area contributed by atoms with Crippen LogP contribution in [0.4, 0.5) is 5.82 Å². The van der Waals surface area contributed by atoms with Crippen LogP contribution in [0.5, 0.6) is 0 Å². The second-order valence-corrected chi connectivity index (χ2v) is 7.18. The summed E-state index contributed by atoms with van der Waals surface area (Å²) in [5, 5.41) is 7.30. The Morgan fingerprint density at radius 3 is 2.62 bits per heavy atom. The molecular weight excluding hydrogens is 366 g/mol. The molecule has 1 saturated carbocycles. The van der Waals surface area contributed by atoms with Crippen molar-refractivity contribution in [2.24, 2.45) is 0 Å². The fourth-order valence-corrected chi connectivity index (χ4v) is 3.40. The number of hydrogen-bond acceptors (Lipinski definition) is 4. The Morgan fingerprint density at radius 2 is 1.83 bits per heavy atom. The van der Waals surface area contributed by atoms with Crippen LogP contribution in [0.2, 0.25) is 0 Å². The molecule has 3 aromatic heterocycles. The summed E-state index contributed by atoms with van der Waals surface area (Å²) in [6.45, 7) is -0.145. The van der Waals surface area contributed by atoms with Crippen LogP contribution in [0.1, 0.15) is 24.5 Å². The first kappa shape index (κ1) is 17.4. The van der Waals surface area contributed by atoms with Gasteiger partial charge in [-0.2, -0.15) is 5.10 Å². The number of anilines is 1. The van der Waals surface area contributed by atoms with E-state index in [4.69, 9.17) is 0 Å². The van der Waals surface area contributed by atoms with Gasteiger partial charge in [0.15, 0.2) is 0 Å². The highest BCUT2D eigenvalue weighted by molar-refractivity contribution is 5.94. The Bertz CT molecular complexity index is 1260. The number of aromatic nitrogens is 4. The number of imidazole rings is 1. The summed E-state index contributed by atoms with van der Waals surface area (Å²) < 4.78 is 3.06. The van der Waals surface area contributed by atoms with Gasteiger partial charge in [0.25, 0.3) is 5.56 Å². The number of nitrogens with zero attached hydrogens (tertiary/aromatic N) is 4. The van der Waals surface area contributed by atoms with E-state index in [9.17, 15) is 9.59 Å². The summed E-state index contributed by atoms with van der Waals surface area (Å²) in [5.74, 6) is 0.659. The largest absolute Gasteiger partial charge is 0.308 e. The van der Waals surface area contributed by atoms with Crippen LogP contribution in [0.25, 0.3) is 16.9 Å². The third-order valence-electron chi connectivity index (χ3n) is 5.01. The summed E-state index contributed by atoms with van der Waals surface area (Å²) in [6, 6.07) is 18.6. The van der Waals surface area contributed by atoms with E-state index in [1.165, 1.54) is 10.7 Å². The number of fused-ring (bicyclic) bond motifs is 1. The van der Waals surface area contributed by atoms with Crippen LogP contribution in [0, 0.1) is 0 Å². The molecule has 7 heteroatoms. The second kappa shape index (κ2) is 7.01. The number of rotatable bonds is 5. The Balaban J connectivity index is 1.48. The quantitative estimate of drug-likeness (QED) is 0.572. The summed E-state index contributed by atoms with van der Waals surface area (Å²) in [7, 11) is 0. The van der Waals surface area contributed by atoms with Crippen LogP contribution in [0.3, 0.4) is 0 Å². The minimum atomic E-state index is -0.324. The van der Waals surface area contributed by atoms with Gasteiger partial charge in [-0.05, 0) is 31.0 Å². The van der Waals surface area contributed by atoms with Crippen molar-refractivity contribution in [3.05, 3.63) is 82.9 Å². The molecule has 1 N–H and O–H groups in total. The molecule has 4 aromatic rings. The zero-order chi connectivity index (χ0) is 19.8. The normalized spacial score (nSPS) is 13.5. The molecule has 1 amide bonds. The van der Waals surface area contributed by atoms with Gasteiger partial charge in [0.1, 0.15) is 23.7 Å². The Kier molecular flexibility index (Phi) is 4.20. The minimum absolute atomic E-state index is 0.145. The molecular formula is C22H19N5O2. The zero-order valence-corrected chi connectivity index (χ0v) is 15.7. The molecule has 0 bridgehead atoms. The lowest BCUT2D eigenvalue weighted by Crippen LogP contribution is -2.30. The number of pyridine rings is 1. The van der Waals surface area contributed by atoms with Gasteiger partial charge in [0.2, 0.25) is 5.91 Å². The maximum absolute atomic E-state index is 12.8. The highest BCUT2D eigenvalue weighted by Gasteiger charge is 2.26. The van der Waals surface area contributed by atoms with E-state index < -0.39 is 0 Å². The van der Waals surface area contributed by atoms with Crippen molar-refractivity contribution in [3.8, 4) is 11.3 Å². The van der Waals surface area contributed by atoms with Crippen LogP contribution in [0.15, 0.2) is 71.7 Å². The van der Waals surface area contributed by atoms with Crippen LogP contribution >= 0.6 is 0 Å². The van der Waals surface area contributed by atoms with E-state index in [-0.39, 0.29) is 18.0 Å². The highest BCUT2D eigenvalue weighted by Crippen LogP contribution is 2.38. The van der Waals surface area contributed by atoms with Gasteiger partial charge < -0.3 is 5.32 Å². The summed E-state index contributed by atoms with van der Waals surface area (Å²) in [6.07, 6.45) is 4.02. The number of carbonyl (C=O) groups excluding carboxylic acids is 1. The first-order valence-corrected chi connectivity index (χ1v) is 9.59. The fraction of sp³-hybridized carbons (Fsp3) is 0.182. The predicted octanol–water partition coefficient (Wildman–Crippen LogP) is 3.07. The SMILES string of the molecule is O=C(Cn1nc(C2CC2)ccc1=O)Nc1c(-c2ccccc2)nc2ccccn12. The molecule has 144 valence electrons. The van der Waals surface area contributed by atoms with Crippen molar-refractivity contribution in [1.29, 1.82) is 0 Å². The van der Waals surface area contributed by atoms with Crippen LogP contribution in [-0.4, -0.2) is 25.1 Å². The van der Waals surface area contributed by atoms with Gasteiger partial charge in [-0.25, -0.2) is 9.67 Å². The number of amides is 1. The molecule has 0 saturated heterocycles. The van der Waals surface area contributed by atoms with Gasteiger partial charge >= 0.3 is 0 Å². The smallest absolute Gasteiger partial charge is 0.267 e. The number of hydrogen-bond donors (Lipinski definition) is 1. The Labute approximate surface area is 166 Å². The van der Waals surface area contributed by atoms with Gasteiger partial charge in [-0.15, -0.1) is 0 Å². The second-order valence-electron chi connectivity index (χ2n) is 7.18.